The molecule has 2 aromatic rings. The molecule has 0 saturated heterocycles. The first-order valence-electron chi connectivity index (χ1n) is 7.46. The van der Waals surface area contributed by atoms with Crippen molar-refractivity contribution in [1.82, 2.24) is 5.32 Å². The van der Waals surface area contributed by atoms with Gasteiger partial charge in [0.05, 0.1) is 7.11 Å². The highest BCUT2D eigenvalue weighted by Gasteiger charge is 2.18. The van der Waals surface area contributed by atoms with Gasteiger partial charge >= 0.3 is 0 Å². The Morgan fingerprint density at radius 2 is 1.87 bits per heavy atom. The maximum Gasteiger partial charge on any atom is 0.261 e. The van der Waals surface area contributed by atoms with Crippen LogP contribution >= 0.6 is 11.6 Å². The minimum atomic E-state index is -0.550. The van der Waals surface area contributed by atoms with Gasteiger partial charge in [0.2, 0.25) is 0 Å². The summed E-state index contributed by atoms with van der Waals surface area (Å²) in [4.78, 5) is 12.3. The summed E-state index contributed by atoms with van der Waals surface area (Å²) in [5, 5.41) is 3.52. The summed E-state index contributed by atoms with van der Waals surface area (Å²) in [6, 6.07) is 14.5. The predicted molar refractivity (Wildman–Crippen MR) is 91.0 cm³/mol. The third-order valence-corrected chi connectivity index (χ3v) is 3.65. The Kier molecular flexibility index (Phi) is 6.29. The van der Waals surface area contributed by atoms with Crippen LogP contribution in [0.25, 0.3) is 0 Å². The van der Waals surface area contributed by atoms with E-state index in [4.69, 9.17) is 21.1 Å². The van der Waals surface area contributed by atoms with E-state index in [-0.39, 0.29) is 5.91 Å². The fraction of sp³-hybridized carbons (Fsp3) is 0.278. The Bertz CT molecular complexity index is 643. The number of nitrogens with one attached hydrogen (secondary N) is 1. The normalized spacial score (nSPS) is 11.6. The molecule has 0 aliphatic rings. The summed E-state index contributed by atoms with van der Waals surface area (Å²) < 4.78 is 11.0. The van der Waals surface area contributed by atoms with Crippen LogP contribution in [-0.4, -0.2) is 19.1 Å². The van der Waals surface area contributed by atoms with Crippen molar-refractivity contribution < 1.29 is 14.3 Å². The van der Waals surface area contributed by atoms with Gasteiger partial charge in [-0.2, -0.15) is 0 Å². The number of halogens is 1. The van der Waals surface area contributed by atoms with Crippen molar-refractivity contribution in [2.45, 2.75) is 26.0 Å². The van der Waals surface area contributed by atoms with Gasteiger partial charge in [-0.1, -0.05) is 36.7 Å². The molecule has 0 bridgehead atoms. The molecule has 1 N–H and O–H groups in total. The molecular formula is C18H20ClNO3. The average Bonchev–Trinajstić information content (AvgIpc) is 2.59. The molecule has 0 aliphatic heterocycles. The van der Waals surface area contributed by atoms with Crippen LogP contribution in [0.3, 0.4) is 0 Å². The fourth-order valence-corrected chi connectivity index (χ4v) is 2.27. The molecule has 1 amide bonds. The number of hydrogen-bond acceptors (Lipinski definition) is 3. The van der Waals surface area contributed by atoms with E-state index in [0.29, 0.717) is 23.7 Å². The monoisotopic (exact) mass is 333 g/mol. The number of carbonyl (C=O) groups excluding carboxylic acids is 1. The van der Waals surface area contributed by atoms with Crippen molar-refractivity contribution in [2.24, 2.45) is 0 Å². The molecule has 0 spiro atoms. The fourth-order valence-electron chi connectivity index (χ4n) is 2.14. The molecule has 0 heterocycles. The number of ether oxygens (including phenoxy) is 2. The maximum atomic E-state index is 12.3. The Morgan fingerprint density at radius 3 is 2.52 bits per heavy atom. The first-order chi connectivity index (χ1) is 11.1. The minimum Gasteiger partial charge on any atom is -0.496 e. The highest BCUT2D eigenvalue weighted by atomic mass is 35.5. The van der Waals surface area contributed by atoms with Crippen LogP contribution in [0.1, 0.15) is 18.9 Å². The number of methoxy groups -OCH3 is 1. The molecule has 2 rings (SSSR count). The van der Waals surface area contributed by atoms with Gasteiger partial charge in [-0.05, 0) is 36.8 Å². The lowest BCUT2D eigenvalue weighted by Crippen LogP contribution is -2.37. The predicted octanol–water partition coefficient (Wildman–Crippen LogP) is 3.82. The Hall–Kier alpha value is -2.20. The standard InChI is InChI=1S/C18H20ClNO3/c1-3-16(23-15-10-8-14(19)9-11-15)18(21)20-12-13-6-4-5-7-17(13)22-2/h4-11,16H,3,12H2,1-2H3,(H,20,21)/t16-/m0/s1. The van der Waals surface area contributed by atoms with E-state index in [2.05, 4.69) is 5.32 Å². The average molecular weight is 334 g/mol. The molecule has 2 aromatic carbocycles. The first-order valence-corrected chi connectivity index (χ1v) is 7.83. The van der Waals surface area contributed by atoms with Crippen molar-refractivity contribution in [3.63, 3.8) is 0 Å². The zero-order chi connectivity index (χ0) is 16.7. The van der Waals surface area contributed by atoms with Gasteiger partial charge in [-0.25, -0.2) is 0 Å². The summed E-state index contributed by atoms with van der Waals surface area (Å²) in [5.41, 5.74) is 0.921. The third-order valence-electron chi connectivity index (χ3n) is 3.40. The van der Waals surface area contributed by atoms with Crippen molar-refractivity contribution in [1.29, 1.82) is 0 Å². The second kappa shape index (κ2) is 8.44. The van der Waals surface area contributed by atoms with E-state index >= 15 is 0 Å². The molecule has 23 heavy (non-hydrogen) atoms. The molecule has 1 atom stereocenters. The van der Waals surface area contributed by atoms with Crippen LogP contribution in [0.5, 0.6) is 11.5 Å². The molecule has 4 nitrogen and oxygen atoms in total. The maximum absolute atomic E-state index is 12.3. The largest absolute Gasteiger partial charge is 0.496 e. The topological polar surface area (TPSA) is 47.6 Å². The quantitative estimate of drug-likeness (QED) is 0.837. The zero-order valence-electron chi connectivity index (χ0n) is 13.2. The number of para-hydroxylation sites is 1. The van der Waals surface area contributed by atoms with Crippen LogP contribution in [0, 0.1) is 0 Å². The van der Waals surface area contributed by atoms with E-state index in [1.165, 1.54) is 0 Å². The van der Waals surface area contributed by atoms with Crippen LogP contribution < -0.4 is 14.8 Å². The summed E-state index contributed by atoms with van der Waals surface area (Å²) in [6.45, 7) is 2.30. The lowest BCUT2D eigenvalue weighted by atomic mass is 10.2. The zero-order valence-corrected chi connectivity index (χ0v) is 14.0. The summed E-state index contributed by atoms with van der Waals surface area (Å²) in [7, 11) is 1.61. The van der Waals surface area contributed by atoms with Gasteiger partial charge in [-0.15, -0.1) is 0 Å². The number of carbonyl (C=O) groups is 1. The van der Waals surface area contributed by atoms with Gasteiger partial charge in [0.1, 0.15) is 11.5 Å². The molecule has 0 unspecified atom stereocenters. The van der Waals surface area contributed by atoms with Crippen LogP contribution in [0.15, 0.2) is 48.5 Å². The lowest BCUT2D eigenvalue weighted by Gasteiger charge is -2.18. The van der Waals surface area contributed by atoms with Crippen molar-refractivity contribution >= 4 is 17.5 Å². The number of hydrogen-bond donors (Lipinski definition) is 1. The molecule has 0 aromatic heterocycles. The highest BCUT2D eigenvalue weighted by molar-refractivity contribution is 6.30. The number of benzene rings is 2. The minimum absolute atomic E-state index is 0.159. The van der Waals surface area contributed by atoms with Gasteiger partial charge in [-0.3, -0.25) is 4.79 Å². The van der Waals surface area contributed by atoms with E-state index < -0.39 is 6.10 Å². The summed E-state index contributed by atoms with van der Waals surface area (Å²) in [6.07, 6.45) is 0.0197. The van der Waals surface area contributed by atoms with Crippen LogP contribution in [0.2, 0.25) is 5.02 Å². The molecular weight excluding hydrogens is 314 g/mol. The Labute approximate surface area is 141 Å². The summed E-state index contributed by atoms with van der Waals surface area (Å²) in [5.74, 6) is 1.21. The number of amides is 1. The van der Waals surface area contributed by atoms with Gasteiger partial charge in [0.15, 0.2) is 6.10 Å². The highest BCUT2D eigenvalue weighted by Crippen LogP contribution is 2.19. The Morgan fingerprint density at radius 1 is 1.17 bits per heavy atom. The van der Waals surface area contributed by atoms with E-state index in [1.54, 1.807) is 31.4 Å². The Balaban J connectivity index is 1.96. The molecule has 0 aliphatic carbocycles. The summed E-state index contributed by atoms with van der Waals surface area (Å²) >= 11 is 5.84. The van der Waals surface area contributed by atoms with Gasteiger partial charge in [0, 0.05) is 17.1 Å². The number of rotatable bonds is 7. The first kappa shape index (κ1) is 17.2. The lowest BCUT2D eigenvalue weighted by molar-refractivity contribution is -0.128. The van der Waals surface area contributed by atoms with Crippen molar-refractivity contribution in [2.75, 3.05) is 7.11 Å². The molecule has 0 radical (unpaired) electrons. The van der Waals surface area contributed by atoms with Crippen molar-refractivity contribution in [3.8, 4) is 11.5 Å². The second-order valence-electron chi connectivity index (χ2n) is 5.00. The molecule has 5 heteroatoms. The van der Waals surface area contributed by atoms with E-state index in [9.17, 15) is 4.79 Å². The molecule has 0 saturated carbocycles. The van der Waals surface area contributed by atoms with E-state index in [0.717, 1.165) is 11.3 Å². The second-order valence-corrected chi connectivity index (χ2v) is 5.43. The molecule has 122 valence electrons. The van der Waals surface area contributed by atoms with Gasteiger partial charge in [0.25, 0.3) is 5.91 Å². The third kappa shape index (κ3) is 4.89. The van der Waals surface area contributed by atoms with Crippen LogP contribution in [-0.2, 0) is 11.3 Å². The molecule has 0 fully saturated rings. The van der Waals surface area contributed by atoms with Crippen LogP contribution in [0.4, 0.5) is 0 Å². The van der Waals surface area contributed by atoms with Gasteiger partial charge < -0.3 is 14.8 Å². The SMILES string of the molecule is CC[C@H](Oc1ccc(Cl)cc1)C(=O)NCc1ccccc1OC. The van der Waals surface area contributed by atoms with E-state index in [1.807, 2.05) is 31.2 Å². The van der Waals surface area contributed by atoms with Crippen molar-refractivity contribution in [3.05, 3.63) is 59.1 Å². The smallest absolute Gasteiger partial charge is 0.261 e.